The lowest BCUT2D eigenvalue weighted by Gasteiger charge is -2.10. The van der Waals surface area contributed by atoms with Crippen molar-refractivity contribution in [3.05, 3.63) is 0 Å². The van der Waals surface area contributed by atoms with Crippen LogP contribution >= 0.6 is 0 Å². The van der Waals surface area contributed by atoms with Crippen molar-refractivity contribution >= 4 is 5.97 Å². The van der Waals surface area contributed by atoms with E-state index in [1.807, 2.05) is 0 Å². The van der Waals surface area contributed by atoms with Gasteiger partial charge in [0.15, 0.2) is 6.10 Å². The largest absolute Gasteiger partial charge is 0.479 e. The van der Waals surface area contributed by atoms with Gasteiger partial charge in [0.1, 0.15) is 0 Å². The number of carbonyl (C=O) groups is 1. The maximum atomic E-state index is 9.96. The lowest BCUT2D eigenvalue weighted by Crippen LogP contribution is -2.32. The van der Waals surface area contributed by atoms with Gasteiger partial charge < -0.3 is 15.1 Å². The molecule has 0 radical (unpaired) electrons. The van der Waals surface area contributed by atoms with E-state index >= 15 is 0 Å². The van der Waals surface area contributed by atoms with Crippen molar-refractivity contribution in [2.45, 2.75) is 6.10 Å². The summed E-state index contributed by atoms with van der Waals surface area (Å²) in [5, 5.41) is 16.8. The van der Waals surface area contributed by atoms with Crippen molar-refractivity contribution in [2.24, 2.45) is 0 Å². The van der Waals surface area contributed by atoms with E-state index in [9.17, 15) is 4.79 Å². The lowest BCUT2D eigenvalue weighted by molar-refractivity contribution is -0.147. The van der Waals surface area contributed by atoms with Gasteiger partial charge in [-0.1, -0.05) is 0 Å². The highest BCUT2D eigenvalue weighted by atomic mass is 16.4. The van der Waals surface area contributed by atoms with Gasteiger partial charge >= 0.3 is 5.97 Å². The van der Waals surface area contributed by atoms with Gasteiger partial charge in [0, 0.05) is 6.54 Å². The third-order valence-corrected chi connectivity index (χ3v) is 0.823. The monoisotopic (exact) mass is 133 g/mol. The molecule has 0 heterocycles. The molecule has 0 aliphatic heterocycles. The summed E-state index contributed by atoms with van der Waals surface area (Å²) in [6, 6.07) is 0. The molecule has 0 saturated carbocycles. The Bertz CT molecular complexity index is 102. The molecule has 4 heteroatoms. The first-order valence-electron chi connectivity index (χ1n) is 2.59. The van der Waals surface area contributed by atoms with E-state index in [1.165, 1.54) is 0 Å². The zero-order chi connectivity index (χ0) is 7.44. The molecule has 2 N–H and O–H groups in total. The summed E-state index contributed by atoms with van der Waals surface area (Å²) in [7, 11) is 3.40. The topological polar surface area (TPSA) is 60.8 Å². The molecular weight excluding hydrogens is 122 g/mol. The van der Waals surface area contributed by atoms with Gasteiger partial charge in [-0.3, -0.25) is 0 Å². The molecule has 54 valence electrons. The fraction of sp³-hybridized carbons (Fsp3) is 0.800. The number of aliphatic carboxylic acids is 1. The molecule has 0 aliphatic carbocycles. The number of carboxylic acid groups (broad SMARTS) is 1. The van der Waals surface area contributed by atoms with Crippen LogP contribution in [0.4, 0.5) is 0 Å². The van der Waals surface area contributed by atoms with Crippen LogP contribution in [0.2, 0.25) is 0 Å². The van der Waals surface area contributed by atoms with E-state index in [1.54, 1.807) is 19.0 Å². The minimum atomic E-state index is -1.26. The predicted octanol–water partition coefficient (Wildman–Crippen LogP) is -1.01. The Morgan fingerprint density at radius 3 is 2.22 bits per heavy atom. The molecule has 1 unspecified atom stereocenters. The third kappa shape index (κ3) is 3.93. The Morgan fingerprint density at radius 1 is 1.67 bits per heavy atom. The Kier molecular flexibility index (Phi) is 3.19. The van der Waals surface area contributed by atoms with Crippen LogP contribution in [0.1, 0.15) is 0 Å². The smallest absolute Gasteiger partial charge is 0.333 e. The Balaban J connectivity index is 3.50. The molecule has 0 amide bonds. The van der Waals surface area contributed by atoms with Crippen LogP contribution in [0.3, 0.4) is 0 Å². The van der Waals surface area contributed by atoms with Gasteiger partial charge in [0.2, 0.25) is 0 Å². The van der Waals surface area contributed by atoms with Crippen LogP contribution in [0.5, 0.6) is 0 Å². The second-order valence-corrected chi connectivity index (χ2v) is 2.12. The fourth-order valence-electron chi connectivity index (χ4n) is 0.424. The van der Waals surface area contributed by atoms with Crippen molar-refractivity contribution in [3.63, 3.8) is 0 Å². The summed E-state index contributed by atoms with van der Waals surface area (Å²) in [5.74, 6) is -1.18. The van der Waals surface area contributed by atoms with Crippen LogP contribution in [0.15, 0.2) is 0 Å². The van der Waals surface area contributed by atoms with E-state index in [0.29, 0.717) is 0 Å². The maximum Gasteiger partial charge on any atom is 0.333 e. The summed E-state index contributed by atoms with van der Waals surface area (Å²) in [5.41, 5.74) is 0. The second kappa shape index (κ2) is 3.42. The van der Waals surface area contributed by atoms with Gasteiger partial charge in [-0.2, -0.15) is 0 Å². The Hall–Kier alpha value is -0.610. The molecule has 0 aromatic carbocycles. The quantitative estimate of drug-likeness (QED) is 0.518. The fourth-order valence-corrected chi connectivity index (χ4v) is 0.424. The molecule has 1 atom stereocenters. The highest BCUT2D eigenvalue weighted by Gasteiger charge is 2.12. The molecule has 0 saturated heterocycles. The number of likely N-dealkylation sites (N-methyl/N-ethyl adjacent to an activating group) is 1. The highest BCUT2D eigenvalue weighted by molar-refractivity contribution is 5.72. The maximum absolute atomic E-state index is 9.96. The van der Waals surface area contributed by atoms with E-state index in [4.69, 9.17) is 10.2 Å². The molecule has 9 heavy (non-hydrogen) atoms. The summed E-state index contributed by atoms with van der Waals surface area (Å²) >= 11 is 0. The first kappa shape index (κ1) is 8.39. The van der Waals surface area contributed by atoms with Crippen LogP contribution < -0.4 is 0 Å². The molecule has 0 fully saturated rings. The van der Waals surface area contributed by atoms with Crippen LogP contribution in [0.25, 0.3) is 0 Å². The lowest BCUT2D eigenvalue weighted by atomic mass is 10.3. The zero-order valence-corrected chi connectivity index (χ0v) is 5.53. The number of carboxylic acids is 1. The van der Waals surface area contributed by atoms with E-state index in [0.717, 1.165) is 0 Å². The van der Waals surface area contributed by atoms with Crippen LogP contribution in [-0.2, 0) is 4.79 Å². The third-order valence-electron chi connectivity index (χ3n) is 0.823. The van der Waals surface area contributed by atoms with E-state index < -0.39 is 12.1 Å². The van der Waals surface area contributed by atoms with Gasteiger partial charge in [-0.15, -0.1) is 0 Å². The minimum absolute atomic E-state index is 0.162. The van der Waals surface area contributed by atoms with Crippen molar-refractivity contribution < 1.29 is 15.0 Å². The van der Waals surface area contributed by atoms with E-state index in [-0.39, 0.29) is 6.54 Å². The van der Waals surface area contributed by atoms with E-state index in [2.05, 4.69) is 0 Å². The summed E-state index contributed by atoms with van der Waals surface area (Å²) < 4.78 is 0. The Morgan fingerprint density at radius 2 is 2.11 bits per heavy atom. The van der Waals surface area contributed by atoms with Crippen LogP contribution in [-0.4, -0.2) is 47.8 Å². The van der Waals surface area contributed by atoms with Gasteiger partial charge in [-0.05, 0) is 14.1 Å². The standard InChI is InChI=1S/C5H11NO3/c1-6(2)3-4(7)5(8)9/h4,7H,3H2,1-2H3,(H,8,9). The average molecular weight is 133 g/mol. The van der Waals surface area contributed by atoms with Gasteiger partial charge in [-0.25, -0.2) is 4.79 Å². The zero-order valence-electron chi connectivity index (χ0n) is 5.53. The number of hydrogen-bond acceptors (Lipinski definition) is 3. The molecule has 0 aromatic rings. The number of aliphatic hydroxyl groups excluding tert-OH is 1. The van der Waals surface area contributed by atoms with Crippen LogP contribution in [0, 0.1) is 0 Å². The summed E-state index contributed by atoms with van der Waals surface area (Å²) in [4.78, 5) is 11.6. The minimum Gasteiger partial charge on any atom is -0.479 e. The van der Waals surface area contributed by atoms with Crippen molar-refractivity contribution in [3.8, 4) is 0 Å². The van der Waals surface area contributed by atoms with Crippen molar-refractivity contribution in [1.29, 1.82) is 0 Å². The number of rotatable bonds is 3. The Labute approximate surface area is 53.7 Å². The molecular formula is C5H11NO3. The van der Waals surface area contributed by atoms with Gasteiger partial charge in [0.05, 0.1) is 0 Å². The van der Waals surface area contributed by atoms with Crippen molar-refractivity contribution in [2.75, 3.05) is 20.6 Å². The normalized spacial score (nSPS) is 13.8. The predicted molar refractivity (Wildman–Crippen MR) is 32.2 cm³/mol. The average Bonchev–Trinajstić information content (AvgIpc) is 1.63. The highest BCUT2D eigenvalue weighted by Crippen LogP contribution is 1.84. The number of hydrogen-bond donors (Lipinski definition) is 2. The summed E-state index contributed by atoms with van der Waals surface area (Å²) in [6.07, 6.45) is -1.26. The molecule has 0 spiro atoms. The second-order valence-electron chi connectivity index (χ2n) is 2.12. The number of nitrogens with zero attached hydrogens (tertiary/aromatic N) is 1. The molecule has 0 aliphatic rings. The number of aliphatic hydroxyl groups is 1. The molecule has 0 aromatic heterocycles. The molecule has 0 bridgehead atoms. The SMILES string of the molecule is CN(C)CC(O)C(=O)O. The molecule has 4 nitrogen and oxygen atoms in total. The van der Waals surface area contributed by atoms with Gasteiger partial charge in [0.25, 0.3) is 0 Å². The first-order chi connectivity index (χ1) is 4.04. The molecule has 0 rings (SSSR count). The summed E-state index contributed by atoms with van der Waals surface area (Å²) in [6.45, 7) is 0.162. The first-order valence-corrected chi connectivity index (χ1v) is 2.59. The van der Waals surface area contributed by atoms with Crippen molar-refractivity contribution in [1.82, 2.24) is 4.90 Å².